The summed E-state index contributed by atoms with van der Waals surface area (Å²) in [6.07, 6.45) is 3.01. The van der Waals surface area contributed by atoms with E-state index >= 15 is 0 Å². The Balaban J connectivity index is 1.68. The van der Waals surface area contributed by atoms with Crippen LogP contribution in [0.4, 0.5) is 0 Å². The molecule has 0 spiro atoms. The zero-order chi connectivity index (χ0) is 18.0. The number of hydrogen-bond acceptors (Lipinski definition) is 4. The lowest BCUT2D eigenvalue weighted by Crippen LogP contribution is -2.37. The third-order valence-corrected chi connectivity index (χ3v) is 4.64. The summed E-state index contributed by atoms with van der Waals surface area (Å²) < 4.78 is 1.20. The molecular weight excluding hydrogens is 322 g/mol. The van der Waals surface area contributed by atoms with Gasteiger partial charge in [0.1, 0.15) is 5.56 Å². The fourth-order valence-corrected chi connectivity index (χ4v) is 3.18. The van der Waals surface area contributed by atoms with Gasteiger partial charge in [0.05, 0.1) is 6.61 Å². The van der Waals surface area contributed by atoms with Gasteiger partial charge in [0.15, 0.2) is 0 Å². The number of rotatable bonds is 4. The van der Waals surface area contributed by atoms with Crippen molar-refractivity contribution in [3.63, 3.8) is 0 Å². The Bertz CT molecular complexity index is 882. The van der Waals surface area contributed by atoms with Crippen LogP contribution in [0.3, 0.4) is 0 Å². The Labute approximate surface area is 144 Å². The molecule has 1 aliphatic heterocycles. The largest absolute Gasteiger partial charge is 0.392 e. The Morgan fingerprint density at radius 2 is 1.92 bits per heavy atom. The summed E-state index contributed by atoms with van der Waals surface area (Å²) in [4.78, 5) is 39.7. The van der Waals surface area contributed by atoms with E-state index in [1.807, 2.05) is 24.3 Å². The molecule has 1 amide bonds. The molecule has 2 aromatic rings. The average molecular weight is 343 g/mol. The van der Waals surface area contributed by atoms with Crippen molar-refractivity contribution in [2.75, 3.05) is 13.1 Å². The van der Waals surface area contributed by atoms with Crippen molar-refractivity contribution in [3.05, 3.63) is 68.0 Å². The second kappa shape index (κ2) is 7.06. The van der Waals surface area contributed by atoms with E-state index in [2.05, 4.69) is 4.98 Å². The summed E-state index contributed by atoms with van der Waals surface area (Å²) in [5.74, 6) is -0.00878. The summed E-state index contributed by atoms with van der Waals surface area (Å²) in [6.45, 7) is 1.21. The highest BCUT2D eigenvalue weighted by Gasteiger charge is 2.28. The molecule has 7 heteroatoms. The number of carbonyl (C=O) groups excluding carboxylic acids is 1. The topological polar surface area (TPSA) is 95.4 Å². The number of aromatic nitrogens is 2. The van der Waals surface area contributed by atoms with Gasteiger partial charge in [-0.15, -0.1) is 0 Å². The molecule has 1 fully saturated rings. The molecule has 7 nitrogen and oxygen atoms in total. The Morgan fingerprint density at radius 1 is 1.24 bits per heavy atom. The number of nitrogens with one attached hydrogen (secondary N) is 1. The second-order valence-electron chi connectivity index (χ2n) is 6.50. The lowest BCUT2D eigenvalue weighted by atomic mass is 9.98. The number of carbonyl (C=O) groups is 1. The van der Waals surface area contributed by atoms with Crippen LogP contribution >= 0.6 is 0 Å². The maximum atomic E-state index is 12.6. The quantitative estimate of drug-likeness (QED) is 0.833. The molecular formula is C18H21N3O4. The fraction of sp³-hybridized carbons (Fsp3) is 0.389. The minimum atomic E-state index is -0.642. The first-order valence-electron chi connectivity index (χ1n) is 8.26. The lowest BCUT2D eigenvalue weighted by molar-refractivity contribution is 0.0784. The summed E-state index contributed by atoms with van der Waals surface area (Å²) in [7, 11) is 1.50. The number of aromatic amines is 1. The molecule has 25 heavy (non-hydrogen) atoms. The minimum absolute atomic E-state index is 0.00458. The molecule has 1 aliphatic rings. The van der Waals surface area contributed by atoms with Crippen molar-refractivity contribution >= 4 is 5.91 Å². The van der Waals surface area contributed by atoms with Gasteiger partial charge in [-0.3, -0.25) is 14.6 Å². The van der Waals surface area contributed by atoms with Gasteiger partial charge in [0.2, 0.25) is 0 Å². The zero-order valence-corrected chi connectivity index (χ0v) is 14.1. The molecule has 2 heterocycles. The number of aryl methyl sites for hydroxylation is 1. The molecule has 1 aromatic heterocycles. The number of likely N-dealkylation sites (tertiary alicyclic amines) is 1. The zero-order valence-electron chi connectivity index (χ0n) is 14.1. The van der Waals surface area contributed by atoms with Crippen LogP contribution in [0, 0.1) is 5.92 Å². The molecule has 1 saturated heterocycles. The van der Waals surface area contributed by atoms with Crippen LogP contribution in [-0.4, -0.2) is 38.6 Å². The van der Waals surface area contributed by atoms with Gasteiger partial charge < -0.3 is 14.6 Å². The van der Waals surface area contributed by atoms with Crippen LogP contribution in [0.1, 0.15) is 27.9 Å². The van der Waals surface area contributed by atoms with Gasteiger partial charge in [0.25, 0.3) is 11.5 Å². The van der Waals surface area contributed by atoms with E-state index in [1.165, 1.54) is 17.8 Å². The SMILES string of the molecule is Cn1cc(C(=O)N2CC[C@@H](Cc3ccc(CO)cc3)C2)c(=O)[nH]c1=O. The molecule has 1 aromatic carbocycles. The molecule has 1 atom stereocenters. The van der Waals surface area contributed by atoms with E-state index in [9.17, 15) is 14.4 Å². The molecule has 0 aliphatic carbocycles. The first-order chi connectivity index (χ1) is 12.0. The number of H-pyrrole nitrogens is 1. The summed E-state index contributed by atoms with van der Waals surface area (Å²) in [5.41, 5.74) is 0.857. The molecule has 132 valence electrons. The summed E-state index contributed by atoms with van der Waals surface area (Å²) >= 11 is 0. The normalized spacial score (nSPS) is 17.0. The van der Waals surface area contributed by atoms with Crippen LogP contribution in [0.25, 0.3) is 0 Å². The highest BCUT2D eigenvalue weighted by atomic mass is 16.3. The van der Waals surface area contributed by atoms with Crippen molar-refractivity contribution in [2.45, 2.75) is 19.4 Å². The molecule has 0 radical (unpaired) electrons. The number of benzene rings is 1. The third kappa shape index (κ3) is 3.71. The van der Waals surface area contributed by atoms with Crippen molar-refractivity contribution < 1.29 is 9.90 Å². The highest BCUT2D eigenvalue weighted by Crippen LogP contribution is 2.22. The predicted octanol–water partition coefficient (Wildman–Crippen LogP) is 0.271. The maximum absolute atomic E-state index is 12.6. The first-order valence-corrected chi connectivity index (χ1v) is 8.26. The first kappa shape index (κ1) is 17.2. The van der Waals surface area contributed by atoms with Gasteiger partial charge in [-0.05, 0) is 29.9 Å². The number of hydrogen-bond donors (Lipinski definition) is 2. The number of amides is 1. The average Bonchev–Trinajstić information content (AvgIpc) is 3.07. The second-order valence-corrected chi connectivity index (χ2v) is 6.50. The minimum Gasteiger partial charge on any atom is -0.392 e. The van der Waals surface area contributed by atoms with Crippen molar-refractivity contribution in [1.29, 1.82) is 0 Å². The van der Waals surface area contributed by atoms with Gasteiger partial charge in [-0.2, -0.15) is 0 Å². The summed E-state index contributed by atoms with van der Waals surface area (Å²) in [6, 6.07) is 7.79. The summed E-state index contributed by atoms with van der Waals surface area (Å²) in [5, 5.41) is 9.08. The molecule has 0 saturated carbocycles. The standard InChI is InChI=1S/C18H21N3O4/c1-20-10-15(16(23)19-18(20)25)17(24)21-7-6-14(9-21)8-12-2-4-13(11-22)5-3-12/h2-5,10,14,22H,6-9,11H2,1H3,(H,19,23,25)/t14-/m0/s1. The van der Waals surface area contributed by atoms with Crippen molar-refractivity contribution in [1.82, 2.24) is 14.5 Å². The predicted molar refractivity (Wildman–Crippen MR) is 92.4 cm³/mol. The Morgan fingerprint density at radius 3 is 2.60 bits per heavy atom. The Kier molecular flexibility index (Phi) is 4.85. The maximum Gasteiger partial charge on any atom is 0.328 e. The highest BCUT2D eigenvalue weighted by molar-refractivity contribution is 5.93. The van der Waals surface area contributed by atoms with E-state index in [0.717, 1.165) is 24.0 Å². The smallest absolute Gasteiger partial charge is 0.328 e. The van der Waals surface area contributed by atoms with Crippen LogP contribution in [-0.2, 0) is 20.1 Å². The van der Waals surface area contributed by atoms with E-state index in [4.69, 9.17) is 5.11 Å². The van der Waals surface area contributed by atoms with E-state index < -0.39 is 11.2 Å². The van der Waals surface area contributed by atoms with Gasteiger partial charge in [-0.1, -0.05) is 24.3 Å². The molecule has 0 unspecified atom stereocenters. The molecule has 2 N–H and O–H groups in total. The third-order valence-electron chi connectivity index (χ3n) is 4.64. The lowest BCUT2D eigenvalue weighted by Gasteiger charge is -2.16. The van der Waals surface area contributed by atoms with Gasteiger partial charge >= 0.3 is 5.69 Å². The van der Waals surface area contributed by atoms with Crippen molar-refractivity contribution in [2.24, 2.45) is 13.0 Å². The van der Waals surface area contributed by atoms with E-state index in [-0.39, 0.29) is 18.1 Å². The number of aliphatic hydroxyl groups is 1. The van der Waals surface area contributed by atoms with E-state index in [1.54, 1.807) is 4.90 Å². The van der Waals surface area contributed by atoms with Crippen LogP contribution in [0.5, 0.6) is 0 Å². The fourth-order valence-electron chi connectivity index (χ4n) is 3.18. The molecule has 3 rings (SSSR count). The van der Waals surface area contributed by atoms with Gasteiger partial charge in [0, 0.05) is 26.3 Å². The van der Waals surface area contributed by atoms with Crippen molar-refractivity contribution in [3.8, 4) is 0 Å². The van der Waals surface area contributed by atoms with Gasteiger partial charge in [-0.25, -0.2) is 4.79 Å². The monoisotopic (exact) mass is 343 g/mol. The molecule has 0 bridgehead atoms. The van der Waals surface area contributed by atoms with Crippen LogP contribution in [0.2, 0.25) is 0 Å². The van der Waals surface area contributed by atoms with Crippen LogP contribution in [0.15, 0.2) is 40.1 Å². The van der Waals surface area contributed by atoms with Crippen LogP contribution < -0.4 is 11.2 Å². The van der Waals surface area contributed by atoms with E-state index in [0.29, 0.717) is 19.0 Å². The number of aliphatic hydroxyl groups excluding tert-OH is 1. The number of nitrogens with zero attached hydrogens (tertiary/aromatic N) is 2. The Hall–Kier alpha value is -2.67.